The summed E-state index contributed by atoms with van der Waals surface area (Å²) in [5.41, 5.74) is 5.81. The normalized spacial score (nSPS) is 17.1. The SMILES string of the molecule is Cc1cccc(NC(=O)[C@@H]2CCCc3ccccc32)c1C. The van der Waals surface area contributed by atoms with E-state index < -0.39 is 0 Å². The van der Waals surface area contributed by atoms with Crippen molar-refractivity contribution in [2.75, 3.05) is 5.32 Å². The molecule has 21 heavy (non-hydrogen) atoms. The Morgan fingerprint density at radius 2 is 1.90 bits per heavy atom. The average Bonchev–Trinajstić information content (AvgIpc) is 2.51. The van der Waals surface area contributed by atoms with Crippen LogP contribution in [0.15, 0.2) is 42.5 Å². The van der Waals surface area contributed by atoms with E-state index in [-0.39, 0.29) is 11.8 Å². The van der Waals surface area contributed by atoms with Crippen molar-refractivity contribution in [1.82, 2.24) is 0 Å². The molecule has 2 nitrogen and oxygen atoms in total. The molecule has 2 aromatic rings. The van der Waals surface area contributed by atoms with Gasteiger partial charge < -0.3 is 5.32 Å². The third kappa shape index (κ3) is 2.71. The number of carbonyl (C=O) groups excluding carboxylic acids is 1. The first kappa shape index (κ1) is 13.9. The van der Waals surface area contributed by atoms with Crippen LogP contribution in [0.2, 0.25) is 0 Å². The minimum Gasteiger partial charge on any atom is -0.325 e. The summed E-state index contributed by atoms with van der Waals surface area (Å²) in [6.07, 6.45) is 3.11. The zero-order valence-corrected chi connectivity index (χ0v) is 12.6. The largest absolute Gasteiger partial charge is 0.325 e. The number of fused-ring (bicyclic) bond motifs is 1. The Hall–Kier alpha value is -2.09. The van der Waals surface area contributed by atoms with Gasteiger partial charge in [-0.3, -0.25) is 4.79 Å². The monoisotopic (exact) mass is 279 g/mol. The number of benzene rings is 2. The zero-order valence-electron chi connectivity index (χ0n) is 12.6. The number of anilines is 1. The lowest BCUT2D eigenvalue weighted by atomic mass is 9.82. The molecule has 0 aromatic heterocycles. The highest BCUT2D eigenvalue weighted by molar-refractivity contribution is 5.96. The molecule has 1 aliphatic rings. The van der Waals surface area contributed by atoms with Crippen LogP contribution in [0.3, 0.4) is 0 Å². The number of hydrogen-bond acceptors (Lipinski definition) is 1. The summed E-state index contributed by atoms with van der Waals surface area (Å²) >= 11 is 0. The van der Waals surface area contributed by atoms with Crippen LogP contribution in [0.1, 0.15) is 41.0 Å². The second-order valence-electron chi connectivity index (χ2n) is 5.88. The van der Waals surface area contributed by atoms with Gasteiger partial charge in [0.15, 0.2) is 0 Å². The van der Waals surface area contributed by atoms with E-state index in [1.165, 1.54) is 16.7 Å². The minimum absolute atomic E-state index is 0.0186. The number of aryl methyl sites for hydroxylation is 2. The molecule has 108 valence electrons. The van der Waals surface area contributed by atoms with E-state index in [0.717, 1.165) is 30.5 Å². The van der Waals surface area contributed by atoms with Crippen molar-refractivity contribution in [3.63, 3.8) is 0 Å². The number of carbonyl (C=O) groups is 1. The van der Waals surface area contributed by atoms with E-state index in [1.807, 2.05) is 18.2 Å². The fourth-order valence-electron chi connectivity index (χ4n) is 3.13. The van der Waals surface area contributed by atoms with Crippen molar-refractivity contribution in [3.05, 3.63) is 64.7 Å². The number of amides is 1. The molecule has 0 spiro atoms. The molecule has 2 aromatic carbocycles. The zero-order chi connectivity index (χ0) is 14.8. The van der Waals surface area contributed by atoms with Gasteiger partial charge in [0.25, 0.3) is 0 Å². The van der Waals surface area contributed by atoms with Gasteiger partial charge in [-0.1, -0.05) is 36.4 Å². The van der Waals surface area contributed by atoms with Crippen molar-refractivity contribution in [1.29, 1.82) is 0 Å². The van der Waals surface area contributed by atoms with E-state index in [4.69, 9.17) is 0 Å². The maximum absolute atomic E-state index is 12.7. The van der Waals surface area contributed by atoms with Gasteiger partial charge in [0.2, 0.25) is 5.91 Å². The van der Waals surface area contributed by atoms with Gasteiger partial charge in [0, 0.05) is 5.69 Å². The lowest BCUT2D eigenvalue weighted by Gasteiger charge is -2.25. The summed E-state index contributed by atoms with van der Waals surface area (Å²) < 4.78 is 0. The van der Waals surface area contributed by atoms with Crippen molar-refractivity contribution < 1.29 is 4.79 Å². The molecular weight excluding hydrogens is 258 g/mol. The Balaban J connectivity index is 1.85. The molecule has 0 fully saturated rings. The van der Waals surface area contributed by atoms with Gasteiger partial charge in [-0.25, -0.2) is 0 Å². The Kier molecular flexibility index (Phi) is 3.78. The van der Waals surface area contributed by atoms with Crippen LogP contribution in [0, 0.1) is 13.8 Å². The van der Waals surface area contributed by atoms with Gasteiger partial charge in [-0.05, 0) is 61.4 Å². The molecule has 1 amide bonds. The lowest BCUT2D eigenvalue weighted by Crippen LogP contribution is -2.25. The maximum Gasteiger partial charge on any atom is 0.231 e. The second-order valence-corrected chi connectivity index (χ2v) is 5.88. The fraction of sp³-hybridized carbons (Fsp3) is 0.316. The van der Waals surface area contributed by atoms with Crippen LogP contribution in [-0.4, -0.2) is 5.91 Å². The summed E-state index contributed by atoms with van der Waals surface area (Å²) in [5.74, 6) is 0.103. The molecule has 0 aliphatic heterocycles. The van der Waals surface area contributed by atoms with Crippen LogP contribution >= 0.6 is 0 Å². The van der Waals surface area contributed by atoms with Gasteiger partial charge >= 0.3 is 0 Å². The highest BCUT2D eigenvalue weighted by Crippen LogP contribution is 2.32. The number of rotatable bonds is 2. The average molecular weight is 279 g/mol. The molecule has 0 saturated carbocycles. The number of nitrogens with one attached hydrogen (secondary N) is 1. The summed E-state index contributed by atoms with van der Waals surface area (Å²) in [5, 5.41) is 3.12. The Bertz CT molecular complexity index is 675. The predicted molar refractivity (Wildman–Crippen MR) is 86.7 cm³/mol. The summed E-state index contributed by atoms with van der Waals surface area (Å²) in [6.45, 7) is 4.13. The first-order chi connectivity index (χ1) is 10.2. The summed E-state index contributed by atoms with van der Waals surface area (Å²) in [6, 6.07) is 14.4. The molecule has 0 radical (unpaired) electrons. The first-order valence-electron chi connectivity index (χ1n) is 7.61. The Morgan fingerprint density at radius 1 is 1.10 bits per heavy atom. The third-order valence-corrected chi connectivity index (χ3v) is 4.55. The molecular formula is C19H21NO. The molecule has 1 atom stereocenters. The van der Waals surface area contributed by atoms with Crippen molar-refractivity contribution in [2.45, 2.75) is 39.0 Å². The predicted octanol–water partition coefficient (Wildman–Crippen LogP) is 4.36. The van der Waals surface area contributed by atoms with Gasteiger partial charge in [0.1, 0.15) is 0 Å². The third-order valence-electron chi connectivity index (χ3n) is 4.55. The summed E-state index contributed by atoms with van der Waals surface area (Å²) in [7, 11) is 0. The Labute approximate surface area is 126 Å². The van der Waals surface area contributed by atoms with Gasteiger partial charge in [0.05, 0.1) is 5.92 Å². The standard InChI is InChI=1S/C19H21NO/c1-13-7-5-12-18(14(13)2)20-19(21)17-11-6-9-15-8-3-4-10-16(15)17/h3-5,7-8,10,12,17H,6,9,11H2,1-2H3,(H,20,21)/t17-/m1/s1. The molecule has 1 N–H and O–H groups in total. The van der Waals surface area contributed by atoms with E-state index in [0.29, 0.717) is 0 Å². The molecule has 0 saturated heterocycles. The lowest BCUT2D eigenvalue weighted by molar-refractivity contribution is -0.117. The molecule has 3 rings (SSSR count). The first-order valence-corrected chi connectivity index (χ1v) is 7.61. The quantitative estimate of drug-likeness (QED) is 0.869. The molecule has 0 bridgehead atoms. The fourth-order valence-corrected chi connectivity index (χ4v) is 3.13. The van der Waals surface area contributed by atoms with E-state index in [1.54, 1.807) is 0 Å². The molecule has 0 heterocycles. The summed E-state index contributed by atoms with van der Waals surface area (Å²) in [4.78, 5) is 12.7. The van der Waals surface area contributed by atoms with Crippen LogP contribution in [0.4, 0.5) is 5.69 Å². The van der Waals surface area contributed by atoms with E-state index in [2.05, 4.69) is 43.4 Å². The van der Waals surface area contributed by atoms with Crippen LogP contribution in [0.25, 0.3) is 0 Å². The molecule has 0 unspecified atom stereocenters. The van der Waals surface area contributed by atoms with Crippen molar-refractivity contribution in [2.24, 2.45) is 0 Å². The second kappa shape index (κ2) is 5.72. The van der Waals surface area contributed by atoms with E-state index >= 15 is 0 Å². The van der Waals surface area contributed by atoms with Crippen LogP contribution in [0.5, 0.6) is 0 Å². The maximum atomic E-state index is 12.7. The van der Waals surface area contributed by atoms with Crippen molar-refractivity contribution in [3.8, 4) is 0 Å². The highest BCUT2D eigenvalue weighted by Gasteiger charge is 2.26. The topological polar surface area (TPSA) is 29.1 Å². The van der Waals surface area contributed by atoms with E-state index in [9.17, 15) is 4.79 Å². The Morgan fingerprint density at radius 3 is 2.76 bits per heavy atom. The minimum atomic E-state index is -0.0186. The van der Waals surface area contributed by atoms with Crippen LogP contribution in [-0.2, 0) is 11.2 Å². The highest BCUT2D eigenvalue weighted by atomic mass is 16.1. The van der Waals surface area contributed by atoms with Crippen LogP contribution < -0.4 is 5.32 Å². The molecule has 2 heteroatoms. The van der Waals surface area contributed by atoms with Gasteiger partial charge in [-0.2, -0.15) is 0 Å². The molecule has 1 aliphatic carbocycles. The number of hydrogen-bond donors (Lipinski definition) is 1. The van der Waals surface area contributed by atoms with Gasteiger partial charge in [-0.15, -0.1) is 0 Å². The van der Waals surface area contributed by atoms with Crippen molar-refractivity contribution >= 4 is 11.6 Å². The smallest absolute Gasteiger partial charge is 0.231 e.